The molecule has 0 saturated carbocycles. The number of fused-ring (bicyclic) bond motifs is 2. The maximum atomic E-state index is 14.6. The van der Waals surface area contributed by atoms with Crippen LogP contribution in [0.3, 0.4) is 0 Å². The molecule has 138 heavy (non-hydrogen) atoms. The third-order valence-electron chi connectivity index (χ3n) is 25.0. The number of imide groups is 1. The lowest BCUT2D eigenvalue weighted by molar-refractivity contribution is -0.335. The van der Waals surface area contributed by atoms with Gasteiger partial charge in [0.2, 0.25) is 23.2 Å². The number of urea groups is 1. The molecule has 0 spiro atoms. The van der Waals surface area contributed by atoms with E-state index in [0.717, 1.165) is 22.2 Å². The van der Waals surface area contributed by atoms with Gasteiger partial charge in [0.15, 0.2) is 36.0 Å². The van der Waals surface area contributed by atoms with Crippen LogP contribution in [0.15, 0.2) is 102 Å². The van der Waals surface area contributed by atoms with Gasteiger partial charge in [0, 0.05) is 135 Å². The number of ether oxygens (including phenoxy) is 10. The zero-order valence-corrected chi connectivity index (χ0v) is 84.3. The third kappa shape index (κ3) is 31.4. The van der Waals surface area contributed by atoms with Crippen molar-refractivity contribution in [3.63, 3.8) is 0 Å². The highest BCUT2D eigenvalue weighted by Gasteiger charge is 2.52. The number of methoxy groups -OCH3 is 2. The Morgan fingerprint density at radius 3 is 2.15 bits per heavy atom. The largest absolute Gasteiger partial charge is 0.496 e. The normalized spacial score (nSPS) is 27.3. The quantitative estimate of drug-likeness (QED) is 0.00626. The lowest BCUT2D eigenvalue weighted by atomic mass is 9.72. The van der Waals surface area contributed by atoms with Gasteiger partial charge in [-0.05, 0) is 183 Å². The smallest absolute Gasteiger partial charge is 0.407 e. The lowest BCUT2D eigenvalue weighted by Gasteiger charge is -2.46. The number of Topliss-reactive ketones (excluding diaryl/α,β-unsaturated/α-hetero) is 5. The fourth-order valence-corrected chi connectivity index (χ4v) is 21.6. The zero-order chi connectivity index (χ0) is 100. The second-order valence-corrected chi connectivity index (χ2v) is 41.5. The number of hydrogen-bond donors (Lipinski definition) is 11. The number of carbonyl (C=O) groups is 12. The van der Waals surface area contributed by atoms with Crippen molar-refractivity contribution < 1.29 is 135 Å². The molecule has 2 aliphatic carbocycles. The first-order valence-corrected chi connectivity index (χ1v) is 50.7. The number of nitrogens with two attached hydrogens (primary N) is 1. The fraction of sp³-hybridized carbons (Fsp3) is 0.576. The summed E-state index contributed by atoms with van der Waals surface area (Å²) >= 11 is 2.89. The molecule has 3 aromatic carbocycles. The second-order valence-electron chi connectivity index (χ2n) is 36.3. The number of nitrogens with zero attached hydrogens (tertiary/aromatic N) is 1. The average Bonchev–Trinajstić information content (AvgIpc) is 1.49. The summed E-state index contributed by atoms with van der Waals surface area (Å²) in [4.78, 5) is 166. The van der Waals surface area contributed by atoms with Gasteiger partial charge in [-0.2, -0.15) is 5.48 Å². The summed E-state index contributed by atoms with van der Waals surface area (Å²) in [5.41, 5.74) is 9.13. The monoisotopic (exact) mass is 2090 g/mol. The van der Waals surface area contributed by atoms with Crippen LogP contribution in [0, 0.1) is 58.9 Å². The molecule has 39 heteroatoms. The van der Waals surface area contributed by atoms with Crippen LogP contribution in [0.5, 0.6) is 11.5 Å². The molecule has 12 N–H and O–H groups in total. The van der Waals surface area contributed by atoms with Gasteiger partial charge in [-0.25, -0.2) is 9.59 Å². The summed E-state index contributed by atoms with van der Waals surface area (Å²) in [6, 6.07) is 12.8. The van der Waals surface area contributed by atoms with Crippen molar-refractivity contribution in [2.75, 3.05) is 51.5 Å². The predicted octanol–water partition coefficient (Wildman–Crippen LogP) is 9.13. The number of allylic oxidation sites excluding steroid dienone is 3. The van der Waals surface area contributed by atoms with Gasteiger partial charge < -0.3 is 105 Å². The molecule has 3 aromatic rings. The number of aliphatic hydroxyl groups excluding tert-OH is 4. The fourth-order valence-electron chi connectivity index (χ4n) is 17.3. The number of alkyl carbamates (subject to hydrolysis) is 1. The number of carbonyl (C=O) groups excluding carboxylic acids is 12. The first-order valence-electron chi connectivity index (χ1n) is 46.4. The molecule has 4 fully saturated rings. The lowest BCUT2D eigenvalue weighted by Crippen LogP contribution is -2.64. The molecule has 5 aliphatic heterocycles. The summed E-state index contributed by atoms with van der Waals surface area (Å²) in [5.74, 6) is 8.19. The maximum absolute atomic E-state index is 14.6. The number of thioether (sulfide) groups is 1. The topological polar surface area (TPSA) is 497 Å². The van der Waals surface area contributed by atoms with Crippen LogP contribution in [0.2, 0.25) is 0 Å². The number of amides is 7. The van der Waals surface area contributed by atoms with E-state index in [0.29, 0.717) is 64.5 Å². The minimum absolute atomic E-state index is 0.00849. The van der Waals surface area contributed by atoms with Crippen molar-refractivity contribution in [1.29, 1.82) is 0 Å². The minimum Gasteiger partial charge on any atom is -0.496 e. The van der Waals surface area contributed by atoms with Crippen LogP contribution >= 0.6 is 55.9 Å². The zero-order valence-electron chi connectivity index (χ0n) is 79.6. The molecule has 10 rings (SSSR count). The van der Waals surface area contributed by atoms with E-state index in [4.69, 9.17) is 57.9 Å². The van der Waals surface area contributed by atoms with E-state index in [1.165, 1.54) is 74.0 Å². The van der Waals surface area contributed by atoms with E-state index in [1.807, 2.05) is 73.7 Å². The number of unbranched alkanes of at least 4 members (excludes halogenated alkanes) is 2. The van der Waals surface area contributed by atoms with Gasteiger partial charge in [-0.1, -0.05) is 119 Å². The molecule has 4 saturated heterocycles. The van der Waals surface area contributed by atoms with E-state index >= 15 is 0 Å². The van der Waals surface area contributed by atoms with Gasteiger partial charge in [0.25, 0.3) is 11.8 Å². The average molecular weight is 2090 g/mol. The van der Waals surface area contributed by atoms with Crippen molar-refractivity contribution >= 4 is 131 Å². The number of halogens is 1. The molecule has 0 aromatic heterocycles. The summed E-state index contributed by atoms with van der Waals surface area (Å²) in [7, 11) is 5.64. The van der Waals surface area contributed by atoms with Crippen molar-refractivity contribution in [3.05, 3.63) is 133 Å². The summed E-state index contributed by atoms with van der Waals surface area (Å²) in [5, 5.41) is 68.8. The van der Waals surface area contributed by atoms with Gasteiger partial charge in [0.05, 0.1) is 71.0 Å². The highest BCUT2D eigenvalue weighted by Crippen LogP contribution is 2.47. The Morgan fingerprint density at radius 1 is 0.761 bits per heavy atom. The Bertz CT molecular complexity index is 5080. The molecule has 21 atom stereocenters. The van der Waals surface area contributed by atoms with E-state index in [2.05, 4.69) is 50.4 Å². The molecule has 0 radical (unpaired) electrons. The van der Waals surface area contributed by atoms with Crippen LogP contribution in [-0.4, -0.2) is 260 Å². The Balaban J connectivity index is 0.724. The highest BCUT2D eigenvalue weighted by atomic mass is 127. The molecule has 7 amide bonds. The molecular formula is C99H128IN7O28S3. The number of rotatable bonds is 48. The number of ketones is 5. The molecule has 7 aliphatic rings. The van der Waals surface area contributed by atoms with E-state index < -0.39 is 155 Å². The highest BCUT2D eigenvalue weighted by molar-refractivity contribution is 14.1. The molecule has 2 bridgehead atoms. The van der Waals surface area contributed by atoms with Crippen LogP contribution < -0.4 is 42.0 Å². The van der Waals surface area contributed by atoms with Crippen molar-refractivity contribution in [2.45, 2.75) is 299 Å². The Morgan fingerprint density at radius 2 is 1.47 bits per heavy atom. The summed E-state index contributed by atoms with van der Waals surface area (Å²) in [6.45, 7) is 17.6. The van der Waals surface area contributed by atoms with Crippen LogP contribution in [0.1, 0.15) is 191 Å². The Hall–Kier alpha value is -8.80. The van der Waals surface area contributed by atoms with Gasteiger partial charge in [-0.3, -0.25) is 52.9 Å². The second kappa shape index (κ2) is 52.8. The van der Waals surface area contributed by atoms with Crippen molar-refractivity contribution in [3.8, 4) is 35.2 Å². The van der Waals surface area contributed by atoms with Crippen molar-refractivity contribution in [1.82, 2.24) is 26.3 Å². The molecule has 35 nitrogen and oxygen atoms in total. The van der Waals surface area contributed by atoms with E-state index in [1.54, 1.807) is 65.0 Å². The summed E-state index contributed by atoms with van der Waals surface area (Å²) in [6.07, 6.45) is -8.01. The van der Waals surface area contributed by atoms with Crippen LogP contribution in [0.25, 0.3) is 0 Å². The van der Waals surface area contributed by atoms with Crippen molar-refractivity contribution in [2.24, 2.45) is 23.5 Å². The maximum Gasteiger partial charge on any atom is 0.407 e. The number of anilines is 1. The Labute approximate surface area is 829 Å². The number of hydrogen-bond acceptors (Lipinski definition) is 32. The van der Waals surface area contributed by atoms with E-state index in [9.17, 15) is 83.1 Å². The van der Waals surface area contributed by atoms with Gasteiger partial charge in [0.1, 0.15) is 72.1 Å². The van der Waals surface area contributed by atoms with E-state index in [-0.39, 0.29) is 189 Å². The predicted molar refractivity (Wildman–Crippen MR) is 521 cm³/mol. The van der Waals surface area contributed by atoms with Crippen LogP contribution in [-0.2, 0) is 98.9 Å². The van der Waals surface area contributed by atoms with Gasteiger partial charge in [-0.15, -0.1) is 0 Å². The number of hydroxylamine groups is 1. The first-order chi connectivity index (χ1) is 65.7. The first kappa shape index (κ1) is 111. The molecule has 17 unspecified atom stereocenters. The standard InChI is InChI=1S/C99H128IN7O28S3/c1-54-45-78(127-53-65(54)46-55(2)108)133-90-85(118)83(106-135-79-50-72(112)91(61(8)129-79)137-93(121)80-57(4)82(100)88(58(5)87(80)125-11)134-94-86(119)89(126-12)84(117)60(7)131-94)59(6)130-95(90)132-74-29-19-13-14-21-39-99(124)51-73(113)68(47-56(3)109)81(74)69(99)38-44-136-138-98(9,10)40-37-67(110)28-24-42-103-97(123)128-52-63-31-33-66(34-32-63)104-92(120)64(27-23-41-102-96(101)122)49-71(111)70(48-62-25-17-15-18-26-62)105-75(114)30-20-16-22-43-107-76(115)35-36-77(107)116/h13-15,17-18,25-26,31-36,38,54,59-61,64-65,70,72,74,78-79,83-86,89-91,94-95,106,112,117-119,124H,16,20,22-24,27-28,30,37,40-53H2,1-12H3,(H,103,123)(H,104,120)(H,105,114)(H3,101,102,122)/b14-13-,69-38-/t54?,59?,60?,61?,64-,65?,70+,72?,74+,78?,79?,83?,84?,85?,86?,89?,90?,91?,94?,95?,99+/m1/s1. The molecule has 5 heterocycles. The minimum atomic E-state index is -2.15. The molecular weight excluding hydrogens is 1960 g/mol. The number of aliphatic hydroxyl groups is 5. The summed E-state index contributed by atoms with van der Waals surface area (Å²) < 4.78 is 61.8. The number of nitrogens with one attached hydrogen (secondary N) is 5. The van der Waals surface area contributed by atoms with Gasteiger partial charge >= 0.3 is 12.1 Å². The number of primary amides is 1. The SMILES string of the molecule is COc1c(C)c(OC2OC(C)C(O)C(OC)C2O)c(I)c(C)c1C(=O)SC1C(O)CC(ONC2C(C)OC(O[C@H]3C#C/C=C\C#C[C@]4(O)CC(=O)C(CC(C)=O)=C3/C4=C/CSSC(C)(C)CCC(=O)CCCNC(=O)OCc3ccc(NC(=O)[C@H](CCCNC(N)=O)CC(=O)[C@H](Cc4ccccc4)NC(=O)CCCCCN4C(=O)C=CC4=O)cc3)C(OC3CC(C)C(CC(C)=O)CO3)C2O)OC1C. The number of benzene rings is 3. The Kier molecular flexibility index (Phi) is 42.5. The van der Waals surface area contributed by atoms with Crippen LogP contribution in [0.4, 0.5) is 15.3 Å². The third-order valence-corrected chi connectivity index (χ3v) is 30.9. The molecule has 752 valence electrons.